The highest BCUT2D eigenvalue weighted by Gasteiger charge is 2.20. The third-order valence-corrected chi connectivity index (χ3v) is 5.85. The molecule has 6 nitrogen and oxygen atoms in total. The maximum Gasteiger partial charge on any atom is 0.191 e. The topological polar surface area (TPSA) is 58.1 Å². The van der Waals surface area contributed by atoms with E-state index >= 15 is 0 Å². The monoisotopic (exact) mass is 544 g/mol. The number of nitrogens with one attached hydrogen (secondary N) is 2. The Bertz CT molecular complexity index is 611. The molecule has 0 saturated carbocycles. The van der Waals surface area contributed by atoms with Gasteiger partial charge in [0.1, 0.15) is 0 Å². The molecule has 2 N–H and O–H groups in total. The predicted molar refractivity (Wildman–Crippen MR) is 138 cm³/mol. The van der Waals surface area contributed by atoms with Crippen LogP contribution >= 0.6 is 24.0 Å². The van der Waals surface area contributed by atoms with Crippen LogP contribution in [0.25, 0.3) is 0 Å². The molecule has 0 radical (unpaired) electrons. The van der Waals surface area contributed by atoms with E-state index in [1.54, 1.807) is 0 Å². The van der Waals surface area contributed by atoms with Crippen molar-refractivity contribution in [2.75, 3.05) is 52.6 Å². The van der Waals surface area contributed by atoms with Gasteiger partial charge >= 0.3 is 0 Å². The number of rotatable bonds is 10. The van der Waals surface area contributed by atoms with Crippen molar-refractivity contribution in [1.29, 1.82) is 0 Å². The molecule has 1 atom stereocenters. The summed E-state index contributed by atoms with van der Waals surface area (Å²) in [6, 6.07) is 11.2. The first-order valence-electron chi connectivity index (χ1n) is 11.8. The molecule has 31 heavy (non-hydrogen) atoms. The number of likely N-dealkylation sites (tertiary alicyclic amines) is 1. The van der Waals surface area contributed by atoms with Crippen LogP contribution < -0.4 is 10.6 Å². The molecular formula is C24H41IN4O2. The molecule has 2 saturated heterocycles. The van der Waals surface area contributed by atoms with Crippen LogP contribution in [0.15, 0.2) is 35.3 Å². The van der Waals surface area contributed by atoms with Crippen LogP contribution in [0.2, 0.25) is 0 Å². The van der Waals surface area contributed by atoms with Crippen LogP contribution in [-0.2, 0) is 16.0 Å². The van der Waals surface area contributed by atoms with Gasteiger partial charge in [0.2, 0.25) is 0 Å². The van der Waals surface area contributed by atoms with Gasteiger partial charge in [-0.25, -0.2) is 0 Å². The molecule has 0 aromatic heterocycles. The van der Waals surface area contributed by atoms with E-state index in [-0.39, 0.29) is 24.0 Å². The summed E-state index contributed by atoms with van der Waals surface area (Å²) in [6.45, 7) is 10.5. The molecule has 2 fully saturated rings. The van der Waals surface area contributed by atoms with E-state index in [0.29, 0.717) is 12.0 Å². The lowest BCUT2D eigenvalue weighted by atomic mass is 10.0. The molecule has 1 unspecified atom stereocenters. The fourth-order valence-electron chi connectivity index (χ4n) is 4.19. The average molecular weight is 545 g/mol. The quantitative estimate of drug-likeness (QED) is 0.204. The van der Waals surface area contributed by atoms with Crippen molar-refractivity contribution >= 4 is 29.9 Å². The number of hydrogen-bond acceptors (Lipinski definition) is 4. The van der Waals surface area contributed by atoms with E-state index in [9.17, 15) is 0 Å². The molecule has 3 rings (SSSR count). The van der Waals surface area contributed by atoms with Gasteiger partial charge in [-0.15, -0.1) is 24.0 Å². The Morgan fingerprint density at radius 3 is 2.77 bits per heavy atom. The van der Waals surface area contributed by atoms with Crippen molar-refractivity contribution in [2.45, 2.75) is 51.6 Å². The van der Waals surface area contributed by atoms with Gasteiger partial charge in [0.15, 0.2) is 5.96 Å². The van der Waals surface area contributed by atoms with Crippen LogP contribution in [0.1, 0.15) is 44.6 Å². The van der Waals surface area contributed by atoms with Crippen LogP contribution in [-0.4, -0.2) is 69.5 Å². The zero-order valence-corrected chi connectivity index (χ0v) is 21.4. The molecular weight excluding hydrogens is 503 g/mol. The number of aliphatic imine (C=N–C) groups is 1. The SMILES string of the molecule is CCNC(=NCCCOCC1CCOCC1)NC1CCCN(Cc2ccccc2)C1.I. The number of nitrogens with zero attached hydrogens (tertiary/aromatic N) is 2. The predicted octanol–water partition coefficient (Wildman–Crippen LogP) is 3.66. The van der Waals surface area contributed by atoms with Gasteiger partial charge in [0.25, 0.3) is 0 Å². The Kier molecular flexibility index (Phi) is 13.5. The minimum atomic E-state index is 0. The molecule has 2 aliphatic rings. The maximum absolute atomic E-state index is 5.86. The number of ether oxygens (including phenoxy) is 2. The molecule has 0 aliphatic carbocycles. The third-order valence-electron chi connectivity index (χ3n) is 5.85. The van der Waals surface area contributed by atoms with Crippen molar-refractivity contribution in [3.63, 3.8) is 0 Å². The zero-order valence-electron chi connectivity index (χ0n) is 19.1. The van der Waals surface area contributed by atoms with Crippen molar-refractivity contribution in [3.05, 3.63) is 35.9 Å². The summed E-state index contributed by atoms with van der Waals surface area (Å²) in [5.74, 6) is 1.61. The summed E-state index contributed by atoms with van der Waals surface area (Å²) in [7, 11) is 0. The first-order chi connectivity index (χ1) is 14.8. The Balaban J connectivity index is 0.00000341. The lowest BCUT2D eigenvalue weighted by Gasteiger charge is -2.34. The van der Waals surface area contributed by atoms with Crippen LogP contribution in [0.5, 0.6) is 0 Å². The smallest absolute Gasteiger partial charge is 0.191 e. The Hall–Kier alpha value is -0.900. The molecule has 2 heterocycles. The van der Waals surface area contributed by atoms with Gasteiger partial charge in [-0.3, -0.25) is 9.89 Å². The molecule has 7 heteroatoms. The second-order valence-corrected chi connectivity index (χ2v) is 8.45. The van der Waals surface area contributed by atoms with Gasteiger partial charge in [0, 0.05) is 58.6 Å². The number of halogens is 1. The molecule has 0 amide bonds. The summed E-state index contributed by atoms with van der Waals surface area (Å²) in [5, 5.41) is 7.06. The van der Waals surface area contributed by atoms with Crippen molar-refractivity contribution in [2.24, 2.45) is 10.9 Å². The Morgan fingerprint density at radius 1 is 1.19 bits per heavy atom. The molecule has 2 aliphatic heterocycles. The molecule has 1 aromatic carbocycles. The Morgan fingerprint density at radius 2 is 2.00 bits per heavy atom. The highest BCUT2D eigenvalue weighted by molar-refractivity contribution is 14.0. The van der Waals surface area contributed by atoms with Gasteiger partial charge in [-0.1, -0.05) is 30.3 Å². The van der Waals surface area contributed by atoms with E-state index in [2.05, 4.69) is 52.8 Å². The highest BCUT2D eigenvalue weighted by Crippen LogP contribution is 2.15. The largest absolute Gasteiger partial charge is 0.381 e. The van der Waals surface area contributed by atoms with Gasteiger partial charge in [-0.2, -0.15) is 0 Å². The summed E-state index contributed by atoms with van der Waals surface area (Å²) in [6.07, 6.45) is 5.66. The maximum atomic E-state index is 5.86. The standard InChI is InChI=1S/C24H40N4O2.HI/c1-2-25-24(26-13-7-15-30-20-22-11-16-29-17-12-22)27-23-10-6-14-28(19-23)18-21-8-4-3-5-9-21;/h3-5,8-9,22-23H,2,6-7,10-20H2,1H3,(H2,25,26,27);1H. The first-order valence-corrected chi connectivity index (χ1v) is 11.8. The van der Waals surface area contributed by atoms with E-state index in [1.165, 1.54) is 24.9 Å². The Labute approximate surface area is 205 Å². The third kappa shape index (κ3) is 10.5. The summed E-state index contributed by atoms with van der Waals surface area (Å²) in [4.78, 5) is 7.32. The van der Waals surface area contributed by atoms with Gasteiger partial charge in [0.05, 0.1) is 0 Å². The van der Waals surface area contributed by atoms with Crippen LogP contribution in [0, 0.1) is 5.92 Å². The highest BCUT2D eigenvalue weighted by atomic mass is 127. The fraction of sp³-hybridized carbons (Fsp3) is 0.708. The number of piperidine rings is 1. The minimum Gasteiger partial charge on any atom is -0.381 e. The average Bonchev–Trinajstić information content (AvgIpc) is 2.78. The van der Waals surface area contributed by atoms with Crippen molar-refractivity contribution in [1.82, 2.24) is 15.5 Å². The van der Waals surface area contributed by atoms with E-state index < -0.39 is 0 Å². The van der Waals surface area contributed by atoms with Crippen molar-refractivity contribution in [3.8, 4) is 0 Å². The van der Waals surface area contributed by atoms with Crippen molar-refractivity contribution < 1.29 is 9.47 Å². The number of hydrogen-bond donors (Lipinski definition) is 2. The summed E-state index contributed by atoms with van der Waals surface area (Å²) in [5.41, 5.74) is 1.39. The minimum absolute atomic E-state index is 0. The first kappa shape index (κ1) is 26.4. The molecule has 1 aromatic rings. The van der Waals surface area contributed by atoms with Gasteiger partial charge < -0.3 is 20.1 Å². The van der Waals surface area contributed by atoms with Crippen LogP contribution in [0.4, 0.5) is 0 Å². The lowest BCUT2D eigenvalue weighted by Crippen LogP contribution is -2.51. The zero-order chi connectivity index (χ0) is 20.9. The number of guanidine groups is 1. The number of benzene rings is 1. The van der Waals surface area contributed by atoms with E-state index in [0.717, 1.165) is 77.8 Å². The second-order valence-electron chi connectivity index (χ2n) is 8.45. The molecule has 0 bridgehead atoms. The second kappa shape index (κ2) is 15.8. The van der Waals surface area contributed by atoms with Crippen LogP contribution in [0.3, 0.4) is 0 Å². The normalized spacial score (nSPS) is 20.8. The van der Waals surface area contributed by atoms with Gasteiger partial charge in [-0.05, 0) is 57.1 Å². The fourth-order valence-corrected chi connectivity index (χ4v) is 4.19. The molecule has 176 valence electrons. The molecule has 0 spiro atoms. The van der Waals surface area contributed by atoms with E-state index in [4.69, 9.17) is 14.5 Å². The van der Waals surface area contributed by atoms with E-state index in [1.807, 2.05) is 0 Å². The lowest BCUT2D eigenvalue weighted by molar-refractivity contribution is 0.0205. The summed E-state index contributed by atoms with van der Waals surface area (Å²) < 4.78 is 11.3. The summed E-state index contributed by atoms with van der Waals surface area (Å²) >= 11 is 0.